The van der Waals surface area contributed by atoms with E-state index in [2.05, 4.69) is 16.4 Å². The van der Waals surface area contributed by atoms with Crippen LogP contribution in [0.5, 0.6) is 0 Å². The van der Waals surface area contributed by atoms with Crippen molar-refractivity contribution < 1.29 is 5.11 Å². The predicted octanol–water partition coefficient (Wildman–Crippen LogP) is 2.45. The van der Waals surface area contributed by atoms with Crippen molar-refractivity contribution in [2.24, 2.45) is 0 Å². The van der Waals surface area contributed by atoms with Gasteiger partial charge in [-0.25, -0.2) is 0 Å². The Balaban J connectivity index is 1.50. The summed E-state index contributed by atoms with van der Waals surface area (Å²) in [6.45, 7) is 0.876. The Labute approximate surface area is 140 Å². The third kappa shape index (κ3) is 2.64. The van der Waals surface area contributed by atoms with Crippen LogP contribution in [0.2, 0.25) is 0 Å². The Morgan fingerprint density at radius 2 is 1.92 bits per heavy atom. The molecular formula is C20H20N2O2. The second-order valence-electron chi connectivity index (χ2n) is 6.50. The van der Waals surface area contributed by atoms with Gasteiger partial charge in [-0.2, -0.15) is 0 Å². The van der Waals surface area contributed by atoms with Gasteiger partial charge in [0.1, 0.15) is 5.60 Å². The summed E-state index contributed by atoms with van der Waals surface area (Å²) in [5.41, 5.74) is 2.81. The number of hydrogen-bond donors (Lipinski definition) is 3. The van der Waals surface area contributed by atoms with Crippen molar-refractivity contribution in [2.75, 3.05) is 6.54 Å². The van der Waals surface area contributed by atoms with E-state index < -0.39 is 5.60 Å². The number of aryl methyl sites for hydroxylation is 1. The second-order valence-corrected chi connectivity index (χ2v) is 6.50. The molecule has 0 amide bonds. The van der Waals surface area contributed by atoms with Crippen LogP contribution in [-0.2, 0) is 18.6 Å². The molecule has 24 heavy (non-hydrogen) atoms. The van der Waals surface area contributed by atoms with E-state index >= 15 is 0 Å². The topological polar surface area (TPSA) is 65.1 Å². The molecule has 0 bridgehead atoms. The van der Waals surface area contributed by atoms with E-state index in [0.29, 0.717) is 25.1 Å². The van der Waals surface area contributed by atoms with Gasteiger partial charge in [-0.3, -0.25) is 4.79 Å². The lowest BCUT2D eigenvalue weighted by atomic mass is 9.96. The van der Waals surface area contributed by atoms with Gasteiger partial charge in [0.25, 0.3) is 5.56 Å². The summed E-state index contributed by atoms with van der Waals surface area (Å²) in [4.78, 5) is 15.1. The first-order chi connectivity index (χ1) is 11.7. The number of pyridine rings is 1. The van der Waals surface area contributed by atoms with Gasteiger partial charge in [0.2, 0.25) is 0 Å². The van der Waals surface area contributed by atoms with E-state index in [4.69, 9.17) is 0 Å². The molecule has 1 heterocycles. The van der Waals surface area contributed by atoms with E-state index in [1.54, 1.807) is 0 Å². The maximum atomic E-state index is 12.2. The van der Waals surface area contributed by atoms with Crippen LogP contribution in [0.25, 0.3) is 10.9 Å². The zero-order valence-electron chi connectivity index (χ0n) is 13.4. The van der Waals surface area contributed by atoms with Crippen molar-refractivity contribution in [1.29, 1.82) is 0 Å². The number of benzene rings is 2. The summed E-state index contributed by atoms with van der Waals surface area (Å²) >= 11 is 0. The number of H-pyrrole nitrogens is 1. The molecule has 0 saturated carbocycles. The van der Waals surface area contributed by atoms with Crippen LogP contribution in [0.1, 0.15) is 23.1 Å². The van der Waals surface area contributed by atoms with Gasteiger partial charge in [0.15, 0.2) is 0 Å². The fraction of sp³-hybridized carbons (Fsp3) is 0.250. The number of aliphatic hydroxyl groups is 1. The van der Waals surface area contributed by atoms with Crippen LogP contribution in [0.4, 0.5) is 0 Å². The zero-order valence-corrected chi connectivity index (χ0v) is 13.4. The van der Waals surface area contributed by atoms with Crippen LogP contribution in [0.3, 0.4) is 0 Å². The zero-order chi connectivity index (χ0) is 16.6. The highest BCUT2D eigenvalue weighted by Gasteiger charge is 2.35. The van der Waals surface area contributed by atoms with Gasteiger partial charge >= 0.3 is 0 Å². The molecule has 0 aliphatic heterocycles. The van der Waals surface area contributed by atoms with E-state index in [0.717, 1.165) is 22.9 Å². The van der Waals surface area contributed by atoms with Gasteiger partial charge in [-0.05, 0) is 41.5 Å². The third-order valence-corrected chi connectivity index (χ3v) is 4.89. The normalized spacial score (nSPS) is 19.5. The average Bonchev–Trinajstić information content (AvgIpc) is 2.93. The molecule has 2 aromatic carbocycles. The Bertz CT molecular complexity index is 948. The van der Waals surface area contributed by atoms with Crippen LogP contribution in [0, 0.1) is 0 Å². The summed E-state index contributed by atoms with van der Waals surface area (Å²) in [6, 6.07) is 17.7. The second kappa shape index (κ2) is 5.89. The molecule has 4 rings (SSSR count). The quantitative estimate of drug-likeness (QED) is 0.692. The van der Waals surface area contributed by atoms with Crippen molar-refractivity contribution in [3.63, 3.8) is 0 Å². The van der Waals surface area contributed by atoms with Crippen LogP contribution < -0.4 is 10.9 Å². The van der Waals surface area contributed by atoms with Gasteiger partial charge in [0, 0.05) is 24.2 Å². The van der Waals surface area contributed by atoms with E-state index in [9.17, 15) is 9.90 Å². The minimum absolute atomic E-state index is 0.0833. The molecule has 1 aliphatic carbocycles. The number of nitrogens with one attached hydrogen (secondary N) is 2. The van der Waals surface area contributed by atoms with Gasteiger partial charge in [-0.1, -0.05) is 42.5 Å². The van der Waals surface area contributed by atoms with Gasteiger partial charge in [0.05, 0.1) is 0 Å². The van der Waals surface area contributed by atoms with Crippen molar-refractivity contribution in [2.45, 2.75) is 25.0 Å². The van der Waals surface area contributed by atoms with Crippen molar-refractivity contribution in [1.82, 2.24) is 10.3 Å². The molecule has 1 unspecified atom stereocenters. The maximum Gasteiger partial charge on any atom is 0.252 e. The highest BCUT2D eigenvalue weighted by atomic mass is 16.3. The molecule has 122 valence electrons. The first-order valence-electron chi connectivity index (χ1n) is 8.28. The predicted molar refractivity (Wildman–Crippen MR) is 94.9 cm³/mol. The molecule has 1 aromatic heterocycles. The molecule has 0 radical (unpaired) electrons. The number of rotatable bonds is 4. The standard InChI is InChI=1S/C20H20N2O2/c23-19-16(11-15-6-2-4-8-18(15)22-19)12-21-13-20(24)10-9-14-5-1-3-7-17(14)20/h1-8,11,21,24H,9-10,12-13H2,(H,22,23). The highest BCUT2D eigenvalue weighted by molar-refractivity contribution is 5.78. The van der Waals surface area contributed by atoms with E-state index in [1.807, 2.05) is 48.5 Å². The van der Waals surface area contributed by atoms with Crippen LogP contribution in [0.15, 0.2) is 59.4 Å². The Kier molecular flexibility index (Phi) is 3.71. The average molecular weight is 320 g/mol. The molecule has 0 saturated heterocycles. The molecule has 3 N–H and O–H groups in total. The van der Waals surface area contributed by atoms with Gasteiger partial charge in [-0.15, -0.1) is 0 Å². The number of hydrogen-bond acceptors (Lipinski definition) is 3. The molecule has 4 nitrogen and oxygen atoms in total. The third-order valence-electron chi connectivity index (χ3n) is 4.89. The SMILES string of the molecule is O=c1[nH]c2ccccc2cc1CNCC1(O)CCc2ccccc21. The lowest BCUT2D eigenvalue weighted by Crippen LogP contribution is -2.36. The van der Waals surface area contributed by atoms with Gasteiger partial charge < -0.3 is 15.4 Å². The molecule has 4 heteroatoms. The minimum atomic E-state index is -0.847. The largest absolute Gasteiger partial charge is 0.384 e. The minimum Gasteiger partial charge on any atom is -0.384 e. The fourth-order valence-electron chi connectivity index (χ4n) is 3.58. The summed E-state index contributed by atoms with van der Waals surface area (Å²) < 4.78 is 0. The number of para-hydroxylation sites is 1. The van der Waals surface area contributed by atoms with E-state index in [-0.39, 0.29) is 5.56 Å². The summed E-state index contributed by atoms with van der Waals surface area (Å²) in [6.07, 6.45) is 1.61. The first kappa shape index (κ1) is 15.1. The maximum absolute atomic E-state index is 12.2. The summed E-state index contributed by atoms with van der Waals surface area (Å²) in [5.74, 6) is 0. The van der Waals surface area contributed by atoms with Crippen molar-refractivity contribution in [3.8, 4) is 0 Å². The highest BCUT2D eigenvalue weighted by Crippen LogP contribution is 2.36. The van der Waals surface area contributed by atoms with Crippen molar-refractivity contribution >= 4 is 10.9 Å². The fourth-order valence-corrected chi connectivity index (χ4v) is 3.58. The number of aromatic nitrogens is 1. The Hall–Kier alpha value is -2.43. The molecule has 0 fully saturated rings. The molecule has 1 aliphatic rings. The smallest absolute Gasteiger partial charge is 0.252 e. The molecule has 1 atom stereocenters. The number of aromatic amines is 1. The first-order valence-corrected chi connectivity index (χ1v) is 8.28. The molecular weight excluding hydrogens is 300 g/mol. The lowest BCUT2D eigenvalue weighted by molar-refractivity contribution is 0.0384. The lowest BCUT2D eigenvalue weighted by Gasteiger charge is -2.24. The summed E-state index contributed by atoms with van der Waals surface area (Å²) in [7, 11) is 0. The monoisotopic (exact) mass is 320 g/mol. The van der Waals surface area contributed by atoms with Crippen LogP contribution in [-0.4, -0.2) is 16.6 Å². The van der Waals surface area contributed by atoms with E-state index in [1.165, 1.54) is 5.56 Å². The Morgan fingerprint density at radius 1 is 1.12 bits per heavy atom. The number of fused-ring (bicyclic) bond motifs is 2. The molecule has 3 aromatic rings. The van der Waals surface area contributed by atoms with Crippen molar-refractivity contribution in [3.05, 3.63) is 81.6 Å². The van der Waals surface area contributed by atoms with Crippen LogP contribution >= 0.6 is 0 Å². The Morgan fingerprint density at radius 3 is 2.83 bits per heavy atom. The molecule has 0 spiro atoms. The summed E-state index contributed by atoms with van der Waals surface area (Å²) in [5, 5.41) is 15.2.